The van der Waals surface area contributed by atoms with Gasteiger partial charge in [-0.05, 0) is 42.8 Å². The molecule has 0 unspecified atom stereocenters. The van der Waals surface area contributed by atoms with E-state index in [1.165, 1.54) is 28.8 Å². The molecule has 0 saturated heterocycles. The Morgan fingerprint density at radius 3 is 1.36 bits per heavy atom. The van der Waals surface area contributed by atoms with Gasteiger partial charge in [-0.25, -0.2) is 4.52 Å². The van der Waals surface area contributed by atoms with E-state index in [1.54, 1.807) is 0 Å². The summed E-state index contributed by atoms with van der Waals surface area (Å²) in [6.45, 7) is 3.02. The van der Waals surface area contributed by atoms with E-state index < -0.39 is 7.49 Å². The summed E-state index contributed by atoms with van der Waals surface area (Å²) < 4.78 is 6.80. The normalized spacial score (nSPS) is 11.4. The van der Waals surface area contributed by atoms with Crippen LogP contribution in [0.5, 0.6) is 0 Å². The molecule has 0 aromatic heterocycles. The molecule has 0 N–H and O–H groups in total. The zero-order valence-corrected chi connectivity index (χ0v) is 15.7. The molecule has 0 aliphatic carbocycles. The molecule has 0 aliphatic heterocycles. The topological polar surface area (TPSA) is 9.23 Å². The van der Waals surface area contributed by atoms with Crippen LogP contribution in [0.2, 0.25) is 0 Å². The standard InChI is InChI=1S/C23H26OP/c1-2-3-13-20-24-25(21-14-7-4-8-15-21,22-16-9-5-10-17-22)23-18-11-6-12-19-23/h4-12,14-19H,2-3,13,20H2,1H3/q+1. The van der Waals surface area contributed by atoms with Gasteiger partial charge in [-0.2, -0.15) is 0 Å². The third-order valence-electron chi connectivity index (χ3n) is 4.39. The molecule has 0 radical (unpaired) electrons. The van der Waals surface area contributed by atoms with Crippen LogP contribution in [0.4, 0.5) is 0 Å². The molecule has 1 nitrogen and oxygen atoms in total. The number of benzene rings is 3. The second-order valence-corrected chi connectivity index (χ2v) is 9.18. The number of hydrogen-bond acceptors (Lipinski definition) is 1. The summed E-state index contributed by atoms with van der Waals surface area (Å²) in [5.41, 5.74) is 0. The van der Waals surface area contributed by atoms with E-state index in [9.17, 15) is 0 Å². The Morgan fingerprint density at radius 1 is 0.600 bits per heavy atom. The maximum absolute atomic E-state index is 6.80. The van der Waals surface area contributed by atoms with Crippen molar-refractivity contribution in [2.45, 2.75) is 26.2 Å². The van der Waals surface area contributed by atoms with Crippen molar-refractivity contribution in [2.24, 2.45) is 0 Å². The second kappa shape index (κ2) is 8.94. The molecule has 0 heterocycles. The van der Waals surface area contributed by atoms with Crippen LogP contribution >= 0.6 is 7.49 Å². The molecule has 0 saturated carbocycles. The van der Waals surface area contributed by atoms with Crippen molar-refractivity contribution in [3.63, 3.8) is 0 Å². The van der Waals surface area contributed by atoms with Gasteiger partial charge in [-0.15, -0.1) is 0 Å². The van der Waals surface area contributed by atoms with E-state index in [0.717, 1.165) is 13.0 Å². The van der Waals surface area contributed by atoms with Crippen LogP contribution in [-0.4, -0.2) is 6.61 Å². The van der Waals surface area contributed by atoms with E-state index in [-0.39, 0.29) is 0 Å². The highest BCUT2D eigenvalue weighted by Gasteiger charge is 2.47. The highest BCUT2D eigenvalue weighted by molar-refractivity contribution is 7.91. The zero-order valence-electron chi connectivity index (χ0n) is 14.8. The van der Waals surface area contributed by atoms with Crippen molar-refractivity contribution in [2.75, 3.05) is 6.61 Å². The van der Waals surface area contributed by atoms with Crippen LogP contribution in [0.1, 0.15) is 26.2 Å². The fraction of sp³-hybridized carbons (Fsp3) is 0.217. The Hall–Kier alpha value is -1.95. The Morgan fingerprint density at radius 2 is 1.00 bits per heavy atom. The molecule has 0 fully saturated rings. The first-order valence-electron chi connectivity index (χ1n) is 9.08. The summed E-state index contributed by atoms with van der Waals surface area (Å²) >= 11 is 0. The first kappa shape index (κ1) is 17.9. The molecule has 0 amide bonds. The van der Waals surface area contributed by atoms with Gasteiger partial charge in [0.2, 0.25) is 7.49 Å². The van der Waals surface area contributed by atoms with Gasteiger partial charge in [-0.1, -0.05) is 74.4 Å². The van der Waals surface area contributed by atoms with Gasteiger partial charge in [0.15, 0.2) is 0 Å². The van der Waals surface area contributed by atoms with E-state index in [4.69, 9.17) is 4.52 Å². The number of unbranched alkanes of at least 4 members (excludes halogenated alkanes) is 2. The van der Waals surface area contributed by atoms with E-state index >= 15 is 0 Å². The minimum Gasteiger partial charge on any atom is -0.222 e. The molecular formula is C23H26OP+. The Balaban J connectivity index is 2.13. The maximum atomic E-state index is 6.80. The van der Waals surface area contributed by atoms with Crippen molar-refractivity contribution >= 4 is 23.4 Å². The molecule has 3 rings (SSSR count). The Bertz CT molecular complexity index is 644. The lowest BCUT2D eigenvalue weighted by molar-refractivity contribution is 0.340. The third-order valence-corrected chi connectivity index (χ3v) is 8.04. The molecule has 128 valence electrons. The van der Waals surface area contributed by atoms with Crippen molar-refractivity contribution in [1.29, 1.82) is 0 Å². The smallest absolute Gasteiger partial charge is 0.222 e. The van der Waals surface area contributed by atoms with Crippen LogP contribution in [0.3, 0.4) is 0 Å². The monoisotopic (exact) mass is 349 g/mol. The predicted molar refractivity (Wildman–Crippen MR) is 111 cm³/mol. The second-order valence-electron chi connectivity index (χ2n) is 6.16. The Kier molecular flexibility index (Phi) is 6.39. The summed E-state index contributed by atoms with van der Waals surface area (Å²) in [4.78, 5) is 0. The molecule has 0 bridgehead atoms. The van der Waals surface area contributed by atoms with Crippen LogP contribution < -0.4 is 15.9 Å². The predicted octanol–water partition coefficient (Wildman–Crippen LogP) is 5.10. The lowest BCUT2D eigenvalue weighted by Gasteiger charge is -2.25. The maximum Gasteiger partial charge on any atom is 0.242 e. The average molecular weight is 349 g/mol. The average Bonchev–Trinajstić information content (AvgIpc) is 2.70. The van der Waals surface area contributed by atoms with Crippen molar-refractivity contribution < 1.29 is 4.52 Å². The molecule has 25 heavy (non-hydrogen) atoms. The van der Waals surface area contributed by atoms with Crippen molar-refractivity contribution in [3.8, 4) is 0 Å². The first-order chi connectivity index (χ1) is 12.4. The van der Waals surface area contributed by atoms with E-state index in [2.05, 4.69) is 97.9 Å². The summed E-state index contributed by atoms with van der Waals surface area (Å²) in [7, 11) is -2.09. The van der Waals surface area contributed by atoms with Crippen LogP contribution in [-0.2, 0) is 4.52 Å². The fourth-order valence-electron chi connectivity index (χ4n) is 3.14. The fourth-order valence-corrected chi connectivity index (χ4v) is 6.66. The van der Waals surface area contributed by atoms with Gasteiger partial charge >= 0.3 is 0 Å². The summed E-state index contributed by atoms with van der Waals surface area (Å²) in [6.07, 6.45) is 3.51. The summed E-state index contributed by atoms with van der Waals surface area (Å²) in [5.74, 6) is 0. The van der Waals surface area contributed by atoms with Gasteiger partial charge in [0.05, 0.1) is 6.61 Å². The van der Waals surface area contributed by atoms with Crippen LogP contribution in [0.15, 0.2) is 91.0 Å². The highest BCUT2D eigenvalue weighted by Crippen LogP contribution is 2.56. The van der Waals surface area contributed by atoms with Crippen LogP contribution in [0.25, 0.3) is 0 Å². The zero-order chi connectivity index (χ0) is 17.4. The highest BCUT2D eigenvalue weighted by atomic mass is 31.2. The minimum absolute atomic E-state index is 0.792. The third kappa shape index (κ3) is 4.00. The largest absolute Gasteiger partial charge is 0.242 e. The van der Waals surface area contributed by atoms with Gasteiger partial charge in [0.1, 0.15) is 15.9 Å². The Labute approximate surface area is 152 Å². The molecular weight excluding hydrogens is 323 g/mol. The first-order valence-corrected chi connectivity index (χ1v) is 10.8. The quantitative estimate of drug-likeness (QED) is 0.406. The SMILES string of the molecule is CCCCCO[P+](c1ccccc1)(c1ccccc1)c1ccccc1. The van der Waals surface area contributed by atoms with Gasteiger partial charge < -0.3 is 0 Å². The molecule has 2 heteroatoms. The minimum atomic E-state index is -2.09. The molecule has 0 aliphatic rings. The van der Waals surface area contributed by atoms with Gasteiger partial charge in [-0.3, -0.25) is 0 Å². The van der Waals surface area contributed by atoms with Crippen molar-refractivity contribution in [3.05, 3.63) is 91.0 Å². The number of hydrogen-bond donors (Lipinski definition) is 0. The van der Waals surface area contributed by atoms with E-state index in [0.29, 0.717) is 0 Å². The molecule has 0 spiro atoms. The summed E-state index contributed by atoms with van der Waals surface area (Å²) in [6, 6.07) is 32.2. The van der Waals surface area contributed by atoms with Gasteiger partial charge in [0.25, 0.3) is 0 Å². The van der Waals surface area contributed by atoms with E-state index in [1.807, 2.05) is 0 Å². The molecule has 3 aromatic carbocycles. The molecule has 0 atom stereocenters. The lowest BCUT2D eigenvalue weighted by Crippen LogP contribution is -2.33. The van der Waals surface area contributed by atoms with Crippen molar-refractivity contribution in [1.82, 2.24) is 0 Å². The number of rotatable bonds is 8. The van der Waals surface area contributed by atoms with Gasteiger partial charge in [0, 0.05) is 0 Å². The lowest BCUT2D eigenvalue weighted by atomic mass is 10.3. The van der Waals surface area contributed by atoms with Crippen LogP contribution in [0, 0.1) is 0 Å². The molecule has 3 aromatic rings. The summed E-state index contributed by atoms with van der Waals surface area (Å²) in [5, 5.41) is 3.84.